The van der Waals surface area contributed by atoms with Crippen molar-refractivity contribution in [2.75, 3.05) is 6.67 Å². The third kappa shape index (κ3) is 2.49. The fourth-order valence-corrected chi connectivity index (χ4v) is 7.09. The van der Waals surface area contributed by atoms with Crippen LogP contribution in [0.25, 0.3) is 0 Å². The van der Waals surface area contributed by atoms with Gasteiger partial charge in [0.2, 0.25) is 0 Å². The van der Waals surface area contributed by atoms with E-state index in [4.69, 9.17) is 0 Å². The molecule has 1 aromatic rings. The van der Waals surface area contributed by atoms with Crippen molar-refractivity contribution in [3.8, 4) is 0 Å². The van der Waals surface area contributed by atoms with Gasteiger partial charge in [0.25, 0.3) is 0 Å². The zero-order chi connectivity index (χ0) is 20.3. The van der Waals surface area contributed by atoms with Crippen LogP contribution in [0.2, 0.25) is 0 Å². The van der Waals surface area contributed by atoms with Crippen molar-refractivity contribution in [1.29, 1.82) is 0 Å². The van der Waals surface area contributed by atoms with Crippen LogP contribution < -0.4 is 9.91 Å². The number of carbonyl (C=O) groups is 1. The molecule has 2 N–H and O–H groups in total. The number of benzene rings is 1. The maximum absolute atomic E-state index is 11.8. The van der Waals surface area contributed by atoms with Gasteiger partial charge in [-0.3, -0.25) is 9.91 Å². The second kappa shape index (κ2) is 6.77. The predicted octanol–water partition coefficient (Wildman–Crippen LogP) is 4.16. The third-order valence-electron chi connectivity index (χ3n) is 8.33. The number of hydrazine groups is 1. The van der Waals surface area contributed by atoms with E-state index in [9.17, 15) is 9.90 Å². The summed E-state index contributed by atoms with van der Waals surface area (Å²) in [6.07, 6.45) is 15.8. The normalized spacial score (nSPS) is 34.9. The van der Waals surface area contributed by atoms with E-state index in [0.717, 1.165) is 29.6 Å². The Bertz CT molecular complexity index is 922. The second-order valence-corrected chi connectivity index (χ2v) is 9.65. The van der Waals surface area contributed by atoms with E-state index in [-0.39, 0.29) is 0 Å². The van der Waals surface area contributed by atoms with E-state index < -0.39 is 6.09 Å². The summed E-state index contributed by atoms with van der Waals surface area (Å²) in [6, 6.07) is 10.5. The molecule has 30 heavy (non-hydrogen) atoms. The van der Waals surface area contributed by atoms with E-state index in [1.807, 2.05) is 0 Å². The van der Waals surface area contributed by atoms with Crippen LogP contribution in [-0.4, -0.2) is 45.9 Å². The smallest absolute Gasteiger partial charge is 0.427 e. The van der Waals surface area contributed by atoms with Crippen LogP contribution in [0.15, 0.2) is 48.4 Å². The van der Waals surface area contributed by atoms with Gasteiger partial charge in [0.05, 0.1) is 6.04 Å². The fraction of sp³-hybridized carbons (Fsp3) is 0.542. The molecule has 4 unspecified atom stereocenters. The average molecular weight is 408 g/mol. The van der Waals surface area contributed by atoms with Crippen molar-refractivity contribution in [2.45, 2.75) is 69.5 Å². The fourth-order valence-electron chi connectivity index (χ4n) is 7.09. The van der Waals surface area contributed by atoms with Gasteiger partial charge in [0.1, 0.15) is 24.6 Å². The lowest BCUT2D eigenvalue weighted by atomic mass is 9.79. The standard InChI is InChI=1S/C24H30N4O2/c29-24(30)27-16-26-20-12-6-5-11-19(20)22-14-17-8-4-7-13-21(17)28(22,15-23(26)25-27)18-9-2-1-3-10-18/h4-8,13,15,18-20,22,25H,1-3,9-12,14,16H2/p+1. The topological polar surface area (TPSA) is 55.8 Å². The van der Waals surface area contributed by atoms with E-state index in [1.165, 1.54) is 48.4 Å². The van der Waals surface area contributed by atoms with Gasteiger partial charge in [-0.05, 0) is 31.7 Å². The van der Waals surface area contributed by atoms with Crippen molar-refractivity contribution in [3.63, 3.8) is 0 Å². The molecule has 0 spiro atoms. The van der Waals surface area contributed by atoms with Crippen molar-refractivity contribution in [3.05, 3.63) is 54.0 Å². The molecule has 0 radical (unpaired) electrons. The first kappa shape index (κ1) is 18.3. The molecule has 0 aromatic heterocycles. The SMILES string of the molecule is O=C(O)N1CN2C(=C[N+]3(C4CCCCC4)c4ccccc4CC3C3CC=CCC32)N1. The number of nitrogens with zero attached hydrogens (tertiary/aromatic N) is 3. The molecule has 1 saturated heterocycles. The third-order valence-corrected chi connectivity index (χ3v) is 8.33. The minimum atomic E-state index is -0.908. The van der Waals surface area contributed by atoms with Crippen LogP contribution in [0, 0.1) is 5.92 Å². The van der Waals surface area contributed by atoms with Crippen LogP contribution in [0.5, 0.6) is 0 Å². The maximum Gasteiger partial charge on any atom is 0.427 e. The molecule has 3 heterocycles. The maximum atomic E-state index is 11.8. The molecule has 4 atom stereocenters. The monoisotopic (exact) mass is 407 g/mol. The Hall–Kier alpha value is -2.47. The molecular weight excluding hydrogens is 376 g/mol. The molecule has 3 aliphatic heterocycles. The van der Waals surface area contributed by atoms with E-state index in [2.05, 4.69) is 52.9 Å². The molecule has 5 aliphatic rings. The highest BCUT2D eigenvalue weighted by molar-refractivity contribution is 5.65. The van der Waals surface area contributed by atoms with Gasteiger partial charge < -0.3 is 10.0 Å². The van der Waals surface area contributed by atoms with Crippen molar-refractivity contribution in [2.24, 2.45) is 5.92 Å². The highest BCUT2D eigenvalue weighted by atomic mass is 16.4. The minimum absolute atomic E-state index is 0.348. The summed E-state index contributed by atoms with van der Waals surface area (Å²) in [6.45, 7) is 0.412. The summed E-state index contributed by atoms with van der Waals surface area (Å²) in [7, 11) is 0. The highest BCUT2D eigenvalue weighted by Crippen LogP contribution is 2.52. The molecule has 6 rings (SSSR count). The Labute approximate surface area is 178 Å². The number of hydrogen-bond acceptors (Lipinski definition) is 3. The summed E-state index contributed by atoms with van der Waals surface area (Å²) in [4.78, 5) is 14.1. The summed E-state index contributed by atoms with van der Waals surface area (Å²) in [5.41, 5.74) is 6.19. The predicted molar refractivity (Wildman–Crippen MR) is 116 cm³/mol. The lowest BCUT2D eigenvalue weighted by molar-refractivity contribution is 0.0866. The van der Waals surface area contributed by atoms with E-state index in [0.29, 0.717) is 30.7 Å². The van der Waals surface area contributed by atoms with Gasteiger partial charge in [-0.2, -0.15) is 5.01 Å². The molecular formula is C24H31N4O2+. The first-order valence-electron chi connectivity index (χ1n) is 11.6. The van der Waals surface area contributed by atoms with Crippen LogP contribution in [0.4, 0.5) is 10.5 Å². The number of hydrogen-bond donors (Lipinski definition) is 2. The molecule has 6 heteroatoms. The molecule has 2 aliphatic carbocycles. The molecule has 0 bridgehead atoms. The van der Waals surface area contributed by atoms with Gasteiger partial charge in [0.15, 0.2) is 5.82 Å². The number of nitrogens with one attached hydrogen (secondary N) is 1. The zero-order valence-electron chi connectivity index (χ0n) is 17.4. The van der Waals surface area contributed by atoms with Gasteiger partial charge >= 0.3 is 6.09 Å². The first-order chi connectivity index (χ1) is 14.7. The number of quaternary nitrogens is 1. The first-order valence-corrected chi connectivity index (χ1v) is 11.6. The van der Waals surface area contributed by atoms with Crippen LogP contribution in [0.3, 0.4) is 0 Å². The zero-order valence-corrected chi connectivity index (χ0v) is 17.4. The highest BCUT2D eigenvalue weighted by Gasteiger charge is 2.58. The van der Waals surface area contributed by atoms with Crippen LogP contribution in [-0.2, 0) is 6.42 Å². The Morgan fingerprint density at radius 1 is 1.10 bits per heavy atom. The Kier molecular flexibility index (Phi) is 4.13. The summed E-state index contributed by atoms with van der Waals surface area (Å²) in [5.74, 6) is 1.51. The number of rotatable bonds is 1. The molecule has 1 aromatic carbocycles. The summed E-state index contributed by atoms with van der Waals surface area (Å²) >= 11 is 0. The lowest BCUT2D eigenvalue weighted by Crippen LogP contribution is -2.61. The Balaban J connectivity index is 1.56. The van der Waals surface area contributed by atoms with Gasteiger partial charge in [-0.1, -0.05) is 36.8 Å². The van der Waals surface area contributed by atoms with Crippen molar-refractivity contribution < 1.29 is 9.90 Å². The van der Waals surface area contributed by atoms with Crippen molar-refractivity contribution in [1.82, 2.24) is 19.8 Å². The molecule has 158 valence electrons. The van der Waals surface area contributed by atoms with Crippen LogP contribution >= 0.6 is 0 Å². The molecule has 6 nitrogen and oxygen atoms in total. The van der Waals surface area contributed by atoms with Crippen molar-refractivity contribution >= 4 is 11.8 Å². The summed E-state index contributed by atoms with van der Waals surface area (Å²) in [5, 5.41) is 11.0. The van der Waals surface area contributed by atoms with Gasteiger partial charge in [0, 0.05) is 36.8 Å². The minimum Gasteiger partial charge on any atom is -0.464 e. The number of para-hydroxylation sites is 1. The second-order valence-electron chi connectivity index (χ2n) is 9.65. The molecule has 1 amide bonds. The van der Waals surface area contributed by atoms with Crippen LogP contribution in [0.1, 0.15) is 50.5 Å². The average Bonchev–Trinajstić information content (AvgIpc) is 3.32. The lowest BCUT2D eigenvalue weighted by Gasteiger charge is -2.47. The van der Waals surface area contributed by atoms with Gasteiger partial charge in [-0.25, -0.2) is 4.79 Å². The quantitative estimate of drug-likeness (QED) is 0.542. The van der Waals surface area contributed by atoms with E-state index >= 15 is 0 Å². The summed E-state index contributed by atoms with van der Waals surface area (Å²) < 4.78 is 0.914. The molecule has 1 saturated carbocycles. The Morgan fingerprint density at radius 3 is 2.73 bits per heavy atom. The number of amides is 1. The number of carboxylic acid groups (broad SMARTS) is 1. The largest absolute Gasteiger partial charge is 0.464 e. The van der Waals surface area contributed by atoms with E-state index in [1.54, 1.807) is 0 Å². The van der Waals surface area contributed by atoms with Gasteiger partial charge in [-0.15, -0.1) is 0 Å². The molecule has 2 fully saturated rings. The Morgan fingerprint density at radius 2 is 1.90 bits per heavy atom. The number of allylic oxidation sites excluding steroid dienone is 1. The number of fused-ring (bicyclic) bond motifs is 7.